The Morgan fingerprint density at radius 2 is 2.11 bits per heavy atom. The smallest absolute Gasteiger partial charge is 0.336 e. The number of aromatic carboxylic acids is 1. The van der Waals surface area contributed by atoms with E-state index in [-0.39, 0.29) is 10.5 Å². The lowest BCUT2D eigenvalue weighted by molar-refractivity contribution is 0.0695. The average molecular weight is 345 g/mol. The molecule has 19 heavy (non-hydrogen) atoms. The average Bonchev–Trinajstić information content (AvgIpc) is 2.39. The Balaban J connectivity index is 2.46. The zero-order valence-electron chi connectivity index (χ0n) is 10.0. The molecule has 0 spiro atoms. The SMILES string of the molecule is O=C(O)c1cc(S(=O)(=O)C2C=CCCC2)ccc1Br. The van der Waals surface area contributed by atoms with Gasteiger partial charge in [-0.25, -0.2) is 13.2 Å². The van der Waals surface area contributed by atoms with Crippen molar-refractivity contribution >= 4 is 31.7 Å². The highest BCUT2D eigenvalue weighted by atomic mass is 79.9. The summed E-state index contributed by atoms with van der Waals surface area (Å²) in [6, 6.07) is 4.11. The fourth-order valence-electron chi connectivity index (χ4n) is 2.06. The molecule has 2 rings (SSSR count). The highest BCUT2D eigenvalue weighted by Gasteiger charge is 2.27. The number of hydrogen-bond donors (Lipinski definition) is 1. The van der Waals surface area contributed by atoms with Gasteiger partial charge in [0.1, 0.15) is 0 Å². The van der Waals surface area contributed by atoms with E-state index < -0.39 is 21.1 Å². The van der Waals surface area contributed by atoms with Crippen LogP contribution < -0.4 is 0 Å². The standard InChI is InChI=1S/C13H13BrO4S/c14-12-7-6-10(8-11(12)13(15)16)19(17,18)9-4-2-1-3-5-9/h2,4,6-9H,1,3,5H2,(H,15,16). The molecule has 0 aromatic heterocycles. The summed E-state index contributed by atoms with van der Waals surface area (Å²) in [6.45, 7) is 0. The van der Waals surface area contributed by atoms with Gasteiger partial charge >= 0.3 is 5.97 Å². The maximum absolute atomic E-state index is 12.4. The van der Waals surface area contributed by atoms with Gasteiger partial charge in [-0.05, 0) is 53.4 Å². The fourth-order valence-corrected chi connectivity index (χ4v) is 4.16. The molecular weight excluding hydrogens is 332 g/mol. The quantitative estimate of drug-likeness (QED) is 0.855. The van der Waals surface area contributed by atoms with Crippen LogP contribution in [0.3, 0.4) is 0 Å². The zero-order chi connectivity index (χ0) is 14.0. The number of halogens is 1. The van der Waals surface area contributed by atoms with Crippen LogP contribution in [0.5, 0.6) is 0 Å². The summed E-state index contributed by atoms with van der Waals surface area (Å²) in [5.74, 6) is -1.15. The Morgan fingerprint density at radius 1 is 1.37 bits per heavy atom. The van der Waals surface area contributed by atoms with E-state index in [2.05, 4.69) is 15.9 Å². The molecule has 102 valence electrons. The van der Waals surface area contributed by atoms with Crippen molar-refractivity contribution in [2.45, 2.75) is 29.4 Å². The Hall–Kier alpha value is -1.14. The van der Waals surface area contributed by atoms with Gasteiger partial charge in [0.2, 0.25) is 0 Å². The molecule has 0 aliphatic heterocycles. The minimum Gasteiger partial charge on any atom is -0.478 e. The van der Waals surface area contributed by atoms with Crippen LogP contribution in [0.1, 0.15) is 29.6 Å². The summed E-state index contributed by atoms with van der Waals surface area (Å²) >= 11 is 3.10. The van der Waals surface area contributed by atoms with E-state index in [0.717, 1.165) is 12.8 Å². The monoisotopic (exact) mass is 344 g/mol. The molecular formula is C13H13BrO4S. The summed E-state index contributed by atoms with van der Waals surface area (Å²) in [4.78, 5) is 11.1. The van der Waals surface area contributed by atoms with Crippen molar-refractivity contribution < 1.29 is 18.3 Å². The first-order chi connectivity index (χ1) is 8.93. The Labute approximate surface area is 120 Å². The molecule has 4 nitrogen and oxygen atoms in total. The Kier molecular flexibility index (Phi) is 4.10. The number of rotatable bonds is 3. The van der Waals surface area contributed by atoms with E-state index >= 15 is 0 Å². The zero-order valence-corrected chi connectivity index (χ0v) is 12.4. The van der Waals surface area contributed by atoms with Gasteiger partial charge in [-0.2, -0.15) is 0 Å². The molecule has 1 aromatic rings. The highest BCUT2D eigenvalue weighted by molar-refractivity contribution is 9.10. The second kappa shape index (κ2) is 5.46. The van der Waals surface area contributed by atoms with Crippen LogP contribution in [-0.2, 0) is 9.84 Å². The van der Waals surface area contributed by atoms with Crippen LogP contribution in [0.25, 0.3) is 0 Å². The first-order valence-electron chi connectivity index (χ1n) is 5.86. The van der Waals surface area contributed by atoms with Gasteiger partial charge in [0, 0.05) is 4.47 Å². The van der Waals surface area contributed by atoms with Gasteiger partial charge in [-0.1, -0.05) is 12.2 Å². The predicted octanol–water partition coefficient (Wildman–Crippen LogP) is 3.03. The molecule has 1 unspecified atom stereocenters. The van der Waals surface area contributed by atoms with Gasteiger partial charge in [0.05, 0.1) is 15.7 Å². The van der Waals surface area contributed by atoms with Crippen LogP contribution in [-0.4, -0.2) is 24.7 Å². The third kappa shape index (κ3) is 2.90. The van der Waals surface area contributed by atoms with Crippen molar-refractivity contribution in [1.82, 2.24) is 0 Å². The van der Waals surface area contributed by atoms with Crippen LogP contribution in [0.2, 0.25) is 0 Å². The fraction of sp³-hybridized carbons (Fsp3) is 0.308. The number of allylic oxidation sites excluding steroid dienone is 1. The van der Waals surface area contributed by atoms with Crippen molar-refractivity contribution in [3.05, 3.63) is 40.4 Å². The number of carbonyl (C=O) groups is 1. The largest absolute Gasteiger partial charge is 0.478 e. The molecule has 0 amide bonds. The molecule has 0 fully saturated rings. The molecule has 0 heterocycles. The number of sulfone groups is 1. The van der Waals surface area contributed by atoms with E-state index in [0.29, 0.717) is 10.9 Å². The lowest BCUT2D eigenvalue weighted by Gasteiger charge is -2.17. The van der Waals surface area contributed by atoms with E-state index in [1.54, 1.807) is 6.08 Å². The maximum Gasteiger partial charge on any atom is 0.336 e. The number of carboxylic acid groups (broad SMARTS) is 1. The Bertz CT molecular complexity index is 634. The van der Waals surface area contributed by atoms with Gasteiger partial charge in [0.25, 0.3) is 0 Å². The second-order valence-corrected chi connectivity index (χ2v) is 7.41. The summed E-state index contributed by atoms with van der Waals surface area (Å²) in [7, 11) is -3.51. The summed E-state index contributed by atoms with van der Waals surface area (Å²) < 4.78 is 25.2. The van der Waals surface area contributed by atoms with Gasteiger partial charge in [-0.3, -0.25) is 0 Å². The molecule has 1 N–H and O–H groups in total. The van der Waals surface area contributed by atoms with Crippen LogP contribution in [0.15, 0.2) is 39.7 Å². The van der Waals surface area contributed by atoms with Gasteiger partial charge < -0.3 is 5.11 Å². The Morgan fingerprint density at radius 3 is 2.68 bits per heavy atom. The maximum atomic E-state index is 12.4. The first-order valence-corrected chi connectivity index (χ1v) is 8.20. The van der Waals surface area contributed by atoms with E-state index in [4.69, 9.17) is 5.11 Å². The number of hydrogen-bond acceptors (Lipinski definition) is 3. The number of benzene rings is 1. The van der Waals surface area contributed by atoms with E-state index in [1.807, 2.05) is 6.08 Å². The van der Waals surface area contributed by atoms with Crippen LogP contribution in [0, 0.1) is 0 Å². The third-order valence-electron chi connectivity index (χ3n) is 3.11. The van der Waals surface area contributed by atoms with Gasteiger partial charge in [-0.15, -0.1) is 0 Å². The molecule has 0 saturated heterocycles. The van der Waals surface area contributed by atoms with Crippen molar-refractivity contribution in [1.29, 1.82) is 0 Å². The van der Waals surface area contributed by atoms with E-state index in [9.17, 15) is 13.2 Å². The molecule has 0 radical (unpaired) electrons. The molecule has 0 bridgehead atoms. The topological polar surface area (TPSA) is 71.4 Å². The molecule has 1 aliphatic carbocycles. The van der Waals surface area contributed by atoms with Crippen molar-refractivity contribution in [2.75, 3.05) is 0 Å². The summed E-state index contributed by atoms with van der Waals surface area (Å²) in [5.41, 5.74) is -0.0409. The van der Waals surface area contributed by atoms with Gasteiger partial charge in [0.15, 0.2) is 9.84 Å². The van der Waals surface area contributed by atoms with Crippen molar-refractivity contribution in [3.63, 3.8) is 0 Å². The normalized spacial score (nSPS) is 19.3. The van der Waals surface area contributed by atoms with Crippen molar-refractivity contribution in [2.24, 2.45) is 0 Å². The lowest BCUT2D eigenvalue weighted by atomic mass is 10.1. The van der Waals surface area contributed by atoms with Crippen LogP contribution in [0.4, 0.5) is 0 Å². The molecule has 0 saturated carbocycles. The minimum absolute atomic E-state index is 0.0409. The molecule has 6 heteroatoms. The molecule has 1 atom stereocenters. The molecule has 1 aromatic carbocycles. The highest BCUT2D eigenvalue weighted by Crippen LogP contribution is 2.27. The third-order valence-corrected chi connectivity index (χ3v) is 5.90. The van der Waals surface area contributed by atoms with Crippen LogP contribution >= 0.6 is 15.9 Å². The predicted molar refractivity (Wildman–Crippen MR) is 75.1 cm³/mol. The lowest BCUT2D eigenvalue weighted by Crippen LogP contribution is -2.21. The second-order valence-electron chi connectivity index (χ2n) is 4.39. The molecule has 1 aliphatic rings. The van der Waals surface area contributed by atoms with Crippen molar-refractivity contribution in [3.8, 4) is 0 Å². The minimum atomic E-state index is -3.51. The van der Waals surface area contributed by atoms with E-state index in [1.165, 1.54) is 18.2 Å². The summed E-state index contributed by atoms with van der Waals surface area (Å²) in [5, 5.41) is 8.48. The first kappa shape index (κ1) is 14.3. The number of carboxylic acids is 1. The summed E-state index contributed by atoms with van der Waals surface area (Å²) in [6.07, 6.45) is 5.87.